The van der Waals surface area contributed by atoms with Gasteiger partial charge in [-0.15, -0.1) is 0 Å². The molecule has 0 saturated carbocycles. The maximum atomic E-state index is 12.9. The molecule has 0 aliphatic heterocycles. The van der Waals surface area contributed by atoms with Crippen LogP contribution in [-0.2, 0) is 32.7 Å². The molecule has 2 atom stereocenters. The van der Waals surface area contributed by atoms with Gasteiger partial charge in [0.25, 0.3) is 7.82 Å². The average molecular weight is 1430 g/mol. The summed E-state index contributed by atoms with van der Waals surface area (Å²) in [5.41, 5.74) is 0. The molecule has 0 aliphatic carbocycles. The lowest BCUT2D eigenvalue weighted by Gasteiger charge is -2.28. The number of hydrogen-bond acceptors (Lipinski definition) is 8. The predicted octanol–water partition coefficient (Wildman–Crippen LogP) is 29.0. The fraction of sp³-hybridized carbons (Fsp3) is 0.867. The van der Waals surface area contributed by atoms with Crippen LogP contribution in [0.1, 0.15) is 450 Å². The van der Waals surface area contributed by atoms with Crippen LogP contribution in [0.15, 0.2) is 60.8 Å². The monoisotopic (exact) mass is 1420 g/mol. The molecular weight excluding hydrogens is 1250 g/mol. The molecule has 0 spiro atoms. The van der Waals surface area contributed by atoms with Crippen LogP contribution in [0.2, 0.25) is 0 Å². The number of carbonyl (C=O) groups excluding carboxylic acids is 2. The zero-order valence-corrected chi connectivity index (χ0v) is 68.3. The molecule has 9 nitrogen and oxygen atoms in total. The van der Waals surface area contributed by atoms with Crippen molar-refractivity contribution in [3.05, 3.63) is 60.8 Å². The number of likely N-dealkylation sites (N-methyl/N-ethyl adjacent to an activating group) is 1. The van der Waals surface area contributed by atoms with Gasteiger partial charge in [-0.25, -0.2) is 0 Å². The Bertz CT molecular complexity index is 1870. The Kier molecular flexibility index (Phi) is 78.9. The van der Waals surface area contributed by atoms with Gasteiger partial charge in [-0.1, -0.05) is 415 Å². The van der Waals surface area contributed by atoms with Crippen LogP contribution in [0.4, 0.5) is 0 Å². The van der Waals surface area contributed by atoms with Gasteiger partial charge in [-0.3, -0.25) is 14.2 Å². The third-order valence-corrected chi connectivity index (χ3v) is 21.0. The van der Waals surface area contributed by atoms with E-state index in [9.17, 15) is 19.0 Å². The van der Waals surface area contributed by atoms with Gasteiger partial charge >= 0.3 is 11.9 Å². The maximum Gasteiger partial charge on any atom is 0.306 e. The lowest BCUT2D eigenvalue weighted by molar-refractivity contribution is -0.870. The average Bonchev–Trinajstić information content (AvgIpc) is 1.30. The summed E-state index contributed by atoms with van der Waals surface area (Å²) in [5.74, 6) is -0.807. The second kappa shape index (κ2) is 80.8. The van der Waals surface area contributed by atoms with E-state index in [1.165, 1.54) is 366 Å². The second-order valence-corrected chi connectivity index (χ2v) is 32.7. The number of allylic oxidation sites excluding steroid dienone is 10. The minimum absolute atomic E-state index is 0.0278. The summed E-state index contributed by atoms with van der Waals surface area (Å²) in [7, 11) is 1.19. The van der Waals surface area contributed by atoms with E-state index in [4.69, 9.17) is 18.5 Å². The van der Waals surface area contributed by atoms with E-state index < -0.39 is 26.5 Å². The molecule has 0 amide bonds. The molecule has 10 heteroatoms. The topological polar surface area (TPSA) is 111 Å². The normalized spacial score (nSPS) is 13.2. The van der Waals surface area contributed by atoms with E-state index in [-0.39, 0.29) is 32.0 Å². The summed E-state index contributed by atoms with van der Waals surface area (Å²) >= 11 is 0. The van der Waals surface area contributed by atoms with Gasteiger partial charge in [0.05, 0.1) is 27.7 Å². The van der Waals surface area contributed by atoms with Crippen molar-refractivity contribution in [1.82, 2.24) is 0 Å². The highest BCUT2D eigenvalue weighted by Gasteiger charge is 2.22. The molecule has 0 aromatic heterocycles. The fourth-order valence-electron chi connectivity index (χ4n) is 13.3. The van der Waals surface area contributed by atoms with Crippen molar-refractivity contribution in [1.29, 1.82) is 0 Å². The SMILES string of the molecule is CCCCCCC/C=C\C/C=C\C/C=C\CCCCCCCCCCCCCCCCCCCCCCCCCCCCC(=O)OC(COC(=O)CCCCCCCCCCCCCCCCCCCCCCCCC/C=C\C/C=C\CCCCCCC)COP(=O)([O-])OCC[N+](C)(C)C. The number of esters is 2. The number of rotatable bonds is 83. The summed E-state index contributed by atoms with van der Waals surface area (Å²) in [6.07, 6.45) is 110. The van der Waals surface area contributed by atoms with Crippen LogP contribution >= 0.6 is 7.82 Å². The van der Waals surface area contributed by atoms with E-state index in [1.54, 1.807) is 0 Å². The molecule has 0 saturated heterocycles. The van der Waals surface area contributed by atoms with Crippen LogP contribution in [0.25, 0.3) is 0 Å². The Labute approximate surface area is 623 Å². The van der Waals surface area contributed by atoms with Gasteiger partial charge in [0.2, 0.25) is 0 Å². The molecule has 0 rings (SSSR count). The van der Waals surface area contributed by atoms with Crippen LogP contribution in [0, 0.1) is 0 Å². The number of carbonyl (C=O) groups is 2. The van der Waals surface area contributed by atoms with Gasteiger partial charge in [-0.05, 0) is 83.5 Å². The van der Waals surface area contributed by atoms with Crippen molar-refractivity contribution in [3.8, 4) is 0 Å². The molecule has 0 aromatic carbocycles. The number of unbranched alkanes of at least 4 members (excludes halogenated alkanes) is 59. The maximum absolute atomic E-state index is 12.9. The van der Waals surface area contributed by atoms with Gasteiger partial charge in [-0.2, -0.15) is 0 Å². The molecular formula is C90H170NO8P. The van der Waals surface area contributed by atoms with E-state index >= 15 is 0 Å². The highest BCUT2D eigenvalue weighted by Crippen LogP contribution is 2.38. The smallest absolute Gasteiger partial charge is 0.306 e. The lowest BCUT2D eigenvalue weighted by Crippen LogP contribution is -2.37. The minimum atomic E-state index is -4.65. The van der Waals surface area contributed by atoms with Crippen LogP contribution in [-0.4, -0.2) is 70.0 Å². The molecule has 588 valence electrons. The van der Waals surface area contributed by atoms with Crippen molar-refractivity contribution in [3.63, 3.8) is 0 Å². The molecule has 0 aliphatic rings. The van der Waals surface area contributed by atoms with Crippen molar-refractivity contribution in [2.24, 2.45) is 0 Å². The summed E-state index contributed by atoms with van der Waals surface area (Å²) in [5, 5.41) is 0. The van der Waals surface area contributed by atoms with Crippen LogP contribution < -0.4 is 4.89 Å². The number of hydrogen-bond donors (Lipinski definition) is 0. The summed E-state index contributed by atoms with van der Waals surface area (Å²) in [4.78, 5) is 38.2. The van der Waals surface area contributed by atoms with Crippen LogP contribution in [0.3, 0.4) is 0 Å². The third-order valence-electron chi connectivity index (χ3n) is 20.0. The lowest BCUT2D eigenvalue weighted by atomic mass is 10.0. The van der Waals surface area contributed by atoms with Gasteiger partial charge in [0.1, 0.15) is 19.8 Å². The fourth-order valence-corrected chi connectivity index (χ4v) is 14.0. The standard InChI is InChI=1S/C90H170NO8P/c1-6-8-10-12-14-16-18-20-22-24-26-28-30-32-34-36-38-40-42-43-44-45-46-47-49-51-53-55-57-59-61-63-65-67-69-71-73-75-77-79-81-83-90(93)99-88(87-98-100(94,95)97-85-84-91(3,4)5)86-96-89(92)82-80-78-76-74-72-70-68-66-64-62-60-58-56-54-52-50-48-41-39-37-35-33-31-29-27-25-23-21-19-17-15-13-11-9-7-2/h18-21,24-27,30,32,88H,6-17,22-23,28-29,31,33-87H2,1-5H3/b20-18-,21-19-,26-24-,27-25-,32-30-. The third kappa shape index (κ3) is 84.6. The number of phosphoric ester groups is 1. The summed E-state index contributed by atoms with van der Waals surface area (Å²) in [6, 6.07) is 0. The van der Waals surface area contributed by atoms with E-state index in [0.717, 1.165) is 51.4 Å². The number of ether oxygens (including phenoxy) is 2. The highest BCUT2D eigenvalue weighted by molar-refractivity contribution is 7.45. The van der Waals surface area contributed by atoms with E-state index in [1.807, 2.05) is 21.1 Å². The Morgan fingerprint density at radius 1 is 0.310 bits per heavy atom. The number of nitrogens with zero attached hydrogens (tertiary/aromatic N) is 1. The Hall–Kier alpha value is -2.29. The first-order chi connectivity index (χ1) is 49.0. The van der Waals surface area contributed by atoms with Gasteiger partial charge in [0.15, 0.2) is 6.10 Å². The quantitative estimate of drug-likeness (QED) is 0.0195. The van der Waals surface area contributed by atoms with Crippen molar-refractivity contribution < 1.29 is 42.1 Å². The molecule has 0 fully saturated rings. The highest BCUT2D eigenvalue weighted by atomic mass is 31.2. The molecule has 0 heterocycles. The van der Waals surface area contributed by atoms with Crippen LogP contribution in [0.5, 0.6) is 0 Å². The van der Waals surface area contributed by atoms with E-state index in [2.05, 4.69) is 74.6 Å². The van der Waals surface area contributed by atoms with Gasteiger partial charge in [0, 0.05) is 12.8 Å². The number of quaternary nitrogens is 1. The van der Waals surface area contributed by atoms with Gasteiger partial charge < -0.3 is 27.9 Å². The first-order valence-corrected chi connectivity index (χ1v) is 45.5. The zero-order chi connectivity index (χ0) is 72.5. The molecule has 0 N–H and O–H groups in total. The van der Waals surface area contributed by atoms with E-state index in [0.29, 0.717) is 17.4 Å². The van der Waals surface area contributed by atoms with Crippen molar-refractivity contribution in [2.75, 3.05) is 47.5 Å². The molecule has 0 bridgehead atoms. The largest absolute Gasteiger partial charge is 0.756 e. The minimum Gasteiger partial charge on any atom is -0.756 e. The second-order valence-electron chi connectivity index (χ2n) is 31.3. The summed E-state index contributed by atoms with van der Waals surface area (Å²) < 4.78 is 34.5. The Balaban J connectivity index is 3.86. The molecule has 2 unspecified atom stereocenters. The zero-order valence-electron chi connectivity index (χ0n) is 67.4. The van der Waals surface area contributed by atoms with Crippen molar-refractivity contribution >= 4 is 19.8 Å². The predicted molar refractivity (Wildman–Crippen MR) is 434 cm³/mol. The number of phosphoric acid groups is 1. The molecule has 100 heavy (non-hydrogen) atoms. The Morgan fingerprint density at radius 2 is 0.540 bits per heavy atom. The first kappa shape index (κ1) is 97.7. The molecule has 0 radical (unpaired) electrons. The first-order valence-electron chi connectivity index (χ1n) is 44.0. The Morgan fingerprint density at radius 3 is 0.800 bits per heavy atom. The summed E-state index contributed by atoms with van der Waals surface area (Å²) in [6.45, 7) is 4.30. The van der Waals surface area contributed by atoms with Crippen molar-refractivity contribution in [2.45, 2.75) is 457 Å². The molecule has 0 aromatic rings.